The molecule has 0 fully saturated rings. The van der Waals surface area contributed by atoms with Gasteiger partial charge in [-0.3, -0.25) is 0 Å². The van der Waals surface area contributed by atoms with Crippen LogP contribution in [0.3, 0.4) is 0 Å². The van der Waals surface area contributed by atoms with Gasteiger partial charge in [-0.1, -0.05) is 0 Å². The molecule has 1 aromatic carbocycles. The average Bonchev–Trinajstić information content (AvgIpc) is 2.19. The third-order valence-corrected chi connectivity index (χ3v) is 3.52. The number of para-hydroxylation sites is 1. The number of hydrogen-bond donors (Lipinski definition) is 1. The molecule has 0 heterocycles. The maximum atomic E-state index is 10.9. The van der Waals surface area contributed by atoms with Crippen molar-refractivity contribution in [2.45, 2.75) is 13.3 Å². The van der Waals surface area contributed by atoms with E-state index in [-0.39, 0.29) is 5.91 Å². The Morgan fingerprint density at radius 2 is 2.15 bits per heavy atom. The Morgan fingerprint density at radius 1 is 1.46 bits per heavy atom. The van der Waals surface area contributed by atoms with Crippen LogP contribution in [-0.2, 0) is 34.8 Å². The van der Waals surface area contributed by atoms with Crippen molar-refractivity contribution >= 4 is 5.91 Å². The monoisotopic (exact) mass is 254 g/mol. The summed E-state index contributed by atoms with van der Waals surface area (Å²) in [6.45, 7) is 1.83. The van der Waals surface area contributed by atoms with Gasteiger partial charge in [0.2, 0.25) is 0 Å². The summed E-state index contributed by atoms with van der Waals surface area (Å²) in [6, 6.07) is 9.55. The summed E-state index contributed by atoms with van der Waals surface area (Å²) in [5, 5.41) is 0. The summed E-state index contributed by atoms with van der Waals surface area (Å²) < 4.78 is 8.25. The fourth-order valence-corrected chi connectivity index (χ4v) is 2.45. The Morgan fingerprint density at radius 3 is 2.77 bits per heavy atom. The van der Waals surface area contributed by atoms with Gasteiger partial charge in [-0.15, -0.1) is 0 Å². The third kappa shape index (κ3) is 4.39. The zero-order chi connectivity index (χ0) is 9.52. The first-order chi connectivity index (χ1) is 6.33. The number of benzene rings is 1. The van der Waals surface area contributed by atoms with E-state index in [4.69, 9.17) is 2.05 Å². The fourth-order valence-electron chi connectivity index (χ4n) is 0.764. The van der Waals surface area contributed by atoms with E-state index in [0.29, 0.717) is 6.42 Å². The van der Waals surface area contributed by atoms with E-state index in [2.05, 4.69) is 2.45 Å². The molecule has 0 atom stereocenters. The van der Waals surface area contributed by atoms with Crippen molar-refractivity contribution in [3.8, 4) is 5.75 Å². The Hall–Kier alpha value is -0.406. The maximum absolute atomic E-state index is 10.9. The van der Waals surface area contributed by atoms with Crippen molar-refractivity contribution in [1.29, 1.82) is 0 Å². The van der Waals surface area contributed by atoms with Crippen LogP contribution in [0, 0.1) is 0 Å². The van der Waals surface area contributed by atoms with Crippen molar-refractivity contribution in [2.75, 3.05) is 0 Å². The molecule has 13 heavy (non-hydrogen) atoms. The van der Waals surface area contributed by atoms with Gasteiger partial charge < -0.3 is 0 Å². The summed E-state index contributed by atoms with van der Waals surface area (Å²) in [6.07, 6.45) is 0.532. The molecule has 0 bridgehead atoms. The number of amides is 1. The van der Waals surface area contributed by atoms with E-state index < -0.39 is 30.0 Å². The molecule has 0 aromatic heterocycles. The average molecular weight is 254 g/mol. The van der Waals surface area contributed by atoms with Crippen LogP contribution in [0.5, 0.6) is 5.75 Å². The van der Waals surface area contributed by atoms with Crippen molar-refractivity contribution in [3.63, 3.8) is 0 Å². The molecule has 67 valence electrons. The summed E-state index contributed by atoms with van der Waals surface area (Å²) in [5.41, 5.74) is 0. The fraction of sp³-hybridized carbons (Fsp3) is 0.222. The number of carbonyl (C=O) groups excluding carboxylic acids is 1. The van der Waals surface area contributed by atoms with Gasteiger partial charge in [0.1, 0.15) is 0 Å². The number of carbonyl (C=O) groups is 1. The van der Waals surface area contributed by atoms with Crippen LogP contribution in [0.2, 0.25) is 0 Å². The van der Waals surface area contributed by atoms with Crippen LogP contribution in [0.4, 0.5) is 0 Å². The molecule has 0 unspecified atom stereocenters. The van der Waals surface area contributed by atoms with E-state index >= 15 is 0 Å². The van der Waals surface area contributed by atoms with Crippen LogP contribution < -0.4 is 4.50 Å². The minimum atomic E-state index is -1.38. The third-order valence-electron chi connectivity index (χ3n) is 1.48. The van der Waals surface area contributed by atoms with Gasteiger partial charge in [-0.2, -0.15) is 0 Å². The second-order valence-corrected chi connectivity index (χ2v) is 4.34. The first kappa shape index (κ1) is 10.7. The summed E-state index contributed by atoms with van der Waals surface area (Å²) in [4.78, 5) is 10.9. The molecule has 0 saturated heterocycles. The van der Waals surface area contributed by atoms with Gasteiger partial charge >= 0.3 is 94.7 Å². The van der Waals surface area contributed by atoms with Crippen LogP contribution in [0.15, 0.2) is 30.3 Å². The van der Waals surface area contributed by atoms with Crippen LogP contribution in [-0.4, -0.2) is 5.91 Å². The quantitative estimate of drug-likeness (QED) is 0.884. The number of hydrogen-bond acceptors (Lipinski definition) is 2. The van der Waals surface area contributed by atoms with Gasteiger partial charge in [0, 0.05) is 0 Å². The number of nitrogens with one attached hydrogen (secondary N) is 1. The standard InChI is InChI=1S/C6H6O.C3H7NO.Y/c7-6-4-2-1-3-5-6;1-2-3(4)5;/h1-5,7H;2H2,1H3,(H2,4,5);/q;;+2/p-2. The Kier molecular flexibility index (Phi) is 5.02. The van der Waals surface area contributed by atoms with E-state index in [1.807, 2.05) is 37.3 Å². The molecule has 0 spiro atoms. The molecule has 0 aliphatic carbocycles. The molecular weight excluding hydrogens is 243 g/mol. The van der Waals surface area contributed by atoms with E-state index in [0.717, 1.165) is 5.75 Å². The molecule has 0 saturated carbocycles. The molecular formula is C9H11NO2Y. The molecule has 1 aromatic rings. The van der Waals surface area contributed by atoms with Gasteiger partial charge in [-0.25, -0.2) is 0 Å². The molecule has 0 aliphatic rings. The van der Waals surface area contributed by atoms with Crippen LogP contribution in [0.25, 0.3) is 0 Å². The summed E-state index contributed by atoms with van der Waals surface area (Å²) >= 11 is -1.38. The predicted molar refractivity (Wildman–Crippen MR) is 45.5 cm³/mol. The van der Waals surface area contributed by atoms with E-state index in [1.54, 1.807) is 0 Å². The molecule has 0 radical (unpaired) electrons. The zero-order valence-corrected chi connectivity index (χ0v) is 10.3. The van der Waals surface area contributed by atoms with Crippen molar-refractivity contribution in [1.82, 2.24) is 2.45 Å². The second kappa shape index (κ2) is 6.11. The number of rotatable bonds is 4. The molecule has 0 aliphatic heterocycles. The van der Waals surface area contributed by atoms with Gasteiger partial charge in [0.25, 0.3) is 0 Å². The molecule has 1 amide bonds. The van der Waals surface area contributed by atoms with Gasteiger partial charge in [0.05, 0.1) is 0 Å². The summed E-state index contributed by atoms with van der Waals surface area (Å²) in [7, 11) is 0. The molecule has 1 rings (SSSR count). The zero-order valence-electron chi connectivity index (χ0n) is 7.49. The predicted octanol–water partition coefficient (Wildman–Crippen LogP) is 1.50. The first-order valence-electron chi connectivity index (χ1n) is 4.15. The molecule has 4 heteroatoms. The Balaban J connectivity index is 2.24. The van der Waals surface area contributed by atoms with E-state index in [9.17, 15) is 4.79 Å². The minimum absolute atomic E-state index is 0.0807. The van der Waals surface area contributed by atoms with Crippen molar-refractivity contribution in [3.05, 3.63) is 30.3 Å². The first-order valence-corrected chi connectivity index (χ1v) is 6.73. The van der Waals surface area contributed by atoms with Crippen LogP contribution in [0.1, 0.15) is 13.3 Å². The van der Waals surface area contributed by atoms with E-state index in [1.165, 1.54) is 0 Å². The van der Waals surface area contributed by atoms with Gasteiger partial charge in [0.15, 0.2) is 0 Å². The topological polar surface area (TPSA) is 38.3 Å². The van der Waals surface area contributed by atoms with Crippen molar-refractivity contribution in [2.24, 2.45) is 0 Å². The van der Waals surface area contributed by atoms with Crippen molar-refractivity contribution < 1.29 is 36.9 Å². The van der Waals surface area contributed by atoms with Crippen LogP contribution >= 0.6 is 0 Å². The summed E-state index contributed by atoms with van der Waals surface area (Å²) in [5.74, 6) is 0.928. The van der Waals surface area contributed by atoms with Gasteiger partial charge in [-0.05, 0) is 0 Å². The Bertz CT molecular complexity index is 264. The molecule has 3 nitrogen and oxygen atoms in total. The SMILES string of the molecule is CCC(=O)[NH][Y][O]c1ccccc1. The normalized spacial score (nSPS) is 8.69. The molecule has 1 N–H and O–H groups in total. The Labute approximate surface area is 94.2 Å². The second-order valence-electron chi connectivity index (χ2n) is 2.47.